The van der Waals surface area contributed by atoms with Crippen molar-refractivity contribution < 1.29 is 35.1 Å². The fourth-order valence-electron chi connectivity index (χ4n) is 6.17. The number of benzene rings is 2. The average molecular weight is 727 g/mol. The van der Waals surface area contributed by atoms with Crippen molar-refractivity contribution in [2.75, 3.05) is 54.2 Å². The van der Waals surface area contributed by atoms with Crippen LogP contribution in [0.15, 0.2) is 36.4 Å². The third-order valence-electron chi connectivity index (χ3n) is 9.10. The molecule has 1 saturated heterocycles. The van der Waals surface area contributed by atoms with E-state index in [0.717, 1.165) is 47.1 Å². The molecule has 2 fully saturated rings. The van der Waals surface area contributed by atoms with Crippen LogP contribution in [0.1, 0.15) is 36.8 Å². The van der Waals surface area contributed by atoms with Crippen LogP contribution in [0.5, 0.6) is 0 Å². The summed E-state index contributed by atoms with van der Waals surface area (Å²) < 4.78 is 0. The van der Waals surface area contributed by atoms with E-state index in [0.29, 0.717) is 48.6 Å². The Labute approximate surface area is 295 Å². The molecular formula is C33H45Cl2N5O7S. The molecule has 2 aliphatic heterocycles. The SMILES string of the molecule is O=C(NCCCCc1cc(Cl)c(CN2CSCC2C(=O)N2CCN(C3CC3)c3ccccc32)cc1Cl)NC[C@@H](O)[C@H](O)[C@@H](O)[C@@H](O)CO. The number of rotatable bonds is 15. The molecule has 15 heteroatoms. The number of halogens is 2. The van der Waals surface area contributed by atoms with Crippen molar-refractivity contribution in [3.05, 3.63) is 57.6 Å². The Morgan fingerprint density at radius 3 is 2.33 bits per heavy atom. The van der Waals surface area contributed by atoms with Crippen LogP contribution < -0.4 is 20.4 Å². The zero-order valence-electron chi connectivity index (χ0n) is 26.7. The Balaban J connectivity index is 1.07. The number of thioether (sulfide) groups is 1. The first-order chi connectivity index (χ1) is 23.1. The second kappa shape index (κ2) is 17.1. The number of unbranched alkanes of at least 4 members (excludes halogenated alkanes) is 1. The van der Waals surface area contributed by atoms with Gasteiger partial charge in [-0.1, -0.05) is 35.3 Å². The van der Waals surface area contributed by atoms with Gasteiger partial charge in [-0.05, 0) is 67.5 Å². The smallest absolute Gasteiger partial charge is 0.314 e. The number of nitrogens with one attached hydrogen (secondary N) is 2. The Bertz CT molecular complexity index is 1420. The zero-order valence-corrected chi connectivity index (χ0v) is 29.0. The maximum Gasteiger partial charge on any atom is 0.314 e. The number of urea groups is 1. The van der Waals surface area contributed by atoms with Crippen LogP contribution in [0.2, 0.25) is 10.0 Å². The maximum atomic E-state index is 13.9. The third kappa shape index (κ3) is 9.06. The molecule has 3 aliphatic rings. The summed E-state index contributed by atoms with van der Waals surface area (Å²) in [6, 6.07) is 11.7. The molecule has 1 unspecified atom stereocenters. The molecule has 2 heterocycles. The number of hydrogen-bond acceptors (Lipinski definition) is 10. The van der Waals surface area contributed by atoms with E-state index in [1.54, 1.807) is 11.8 Å². The first-order valence-corrected chi connectivity index (χ1v) is 18.3. The van der Waals surface area contributed by atoms with Crippen molar-refractivity contribution in [1.82, 2.24) is 15.5 Å². The molecule has 5 atom stereocenters. The minimum atomic E-state index is -1.76. The van der Waals surface area contributed by atoms with Crippen molar-refractivity contribution in [1.29, 1.82) is 0 Å². The maximum absolute atomic E-state index is 13.9. The van der Waals surface area contributed by atoms with Crippen LogP contribution in [0.4, 0.5) is 16.2 Å². The van der Waals surface area contributed by atoms with Gasteiger partial charge in [0.15, 0.2) is 0 Å². The van der Waals surface area contributed by atoms with Gasteiger partial charge in [-0.25, -0.2) is 4.79 Å². The predicted octanol–water partition coefficient (Wildman–Crippen LogP) is 1.94. The van der Waals surface area contributed by atoms with Gasteiger partial charge in [0.1, 0.15) is 18.3 Å². The van der Waals surface area contributed by atoms with Crippen molar-refractivity contribution in [3.63, 3.8) is 0 Å². The molecule has 1 saturated carbocycles. The quantitative estimate of drug-likeness (QED) is 0.135. The van der Waals surface area contributed by atoms with Gasteiger partial charge in [-0.15, -0.1) is 11.8 Å². The van der Waals surface area contributed by atoms with Gasteiger partial charge in [-0.2, -0.15) is 0 Å². The monoisotopic (exact) mass is 725 g/mol. The largest absolute Gasteiger partial charge is 0.394 e. The van der Waals surface area contributed by atoms with Gasteiger partial charge in [0.25, 0.3) is 0 Å². The van der Waals surface area contributed by atoms with Crippen LogP contribution >= 0.6 is 35.0 Å². The average Bonchev–Trinajstić information content (AvgIpc) is 3.84. The van der Waals surface area contributed by atoms with Crippen LogP contribution in [-0.2, 0) is 17.8 Å². The molecule has 0 radical (unpaired) electrons. The van der Waals surface area contributed by atoms with Gasteiger partial charge in [-0.3, -0.25) is 9.69 Å². The summed E-state index contributed by atoms with van der Waals surface area (Å²) in [6.07, 6.45) is -2.23. The van der Waals surface area contributed by atoms with Gasteiger partial charge >= 0.3 is 6.03 Å². The lowest BCUT2D eigenvalue weighted by atomic mass is 10.0. The first-order valence-electron chi connectivity index (χ1n) is 16.4. The van der Waals surface area contributed by atoms with Gasteiger partial charge < -0.3 is 46.0 Å². The standard InChI is InChI=1S/C33H45Cl2N5O7S/c34-23-14-21(24(35)13-20(23)5-3-4-10-36-33(47)37-15-28(42)30(44)31(45)29(43)17-41)16-38-19-48-18-27(38)32(46)40-12-11-39(22-8-9-22)25-6-1-2-7-26(25)40/h1-2,6-7,13-14,22,27-31,41-45H,3-5,8-12,15-19H2,(H2,36,37,47)/t27?,28-,29+,30+,31+/m1/s1. The lowest BCUT2D eigenvalue weighted by molar-refractivity contribution is -0.122. The summed E-state index contributed by atoms with van der Waals surface area (Å²) in [4.78, 5) is 32.6. The lowest BCUT2D eigenvalue weighted by Crippen LogP contribution is -2.52. The second-order valence-electron chi connectivity index (χ2n) is 12.6. The highest BCUT2D eigenvalue weighted by Crippen LogP contribution is 2.41. The zero-order chi connectivity index (χ0) is 34.4. The number of amides is 3. The van der Waals surface area contributed by atoms with E-state index in [9.17, 15) is 30.0 Å². The Hall–Kier alpha value is -2.33. The number of hydrogen-bond donors (Lipinski definition) is 7. The molecule has 2 aromatic carbocycles. The summed E-state index contributed by atoms with van der Waals surface area (Å²) in [7, 11) is 0. The minimum absolute atomic E-state index is 0.120. The van der Waals surface area contributed by atoms with Crippen molar-refractivity contribution in [3.8, 4) is 0 Å². The van der Waals surface area contributed by atoms with E-state index in [1.807, 2.05) is 29.2 Å². The predicted molar refractivity (Wildman–Crippen MR) is 188 cm³/mol. The molecule has 0 bridgehead atoms. The van der Waals surface area contributed by atoms with Crippen LogP contribution in [0.3, 0.4) is 0 Å². The molecule has 3 amide bonds. The van der Waals surface area contributed by atoms with Crippen LogP contribution in [0, 0.1) is 0 Å². The highest BCUT2D eigenvalue weighted by Gasteiger charge is 2.40. The topological polar surface area (TPSA) is 169 Å². The van der Waals surface area contributed by atoms with Crippen molar-refractivity contribution >= 4 is 58.3 Å². The number of aliphatic hydroxyl groups is 5. The van der Waals surface area contributed by atoms with Crippen molar-refractivity contribution in [2.45, 2.75) is 75.1 Å². The lowest BCUT2D eigenvalue weighted by Gasteiger charge is -2.39. The number of carbonyl (C=O) groups excluding carboxylic acids is 2. The summed E-state index contributed by atoms with van der Waals surface area (Å²) >= 11 is 15.2. The number of carbonyl (C=O) groups is 2. The number of para-hydroxylation sites is 2. The molecule has 7 N–H and O–H groups in total. The Morgan fingerprint density at radius 1 is 0.917 bits per heavy atom. The van der Waals surface area contributed by atoms with Crippen LogP contribution in [0.25, 0.3) is 0 Å². The highest BCUT2D eigenvalue weighted by molar-refractivity contribution is 7.99. The van der Waals surface area contributed by atoms with Gasteiger partial charge in [0.2, 0.25) is 5.91 Å². The molecule has 1 aliphatic carbocycles. The number of anilines is 2. The first kappa shape index (κ1) is 36.9. The fraction of sp³-hybridized carbons (Fsp3) is 0.576. The Kier molecular flexibility index (Phi) is 13.1. The third-order valence-corrected chi connectivity index (χ3v) is 10.9. The molecule has 2 aromatic rings. The Morgan fingerprint density at radius 2 is 1.60 bits per heavy atom. The second-order valence-corrected chi connectivity index (χ2v) is 14.4. The van der Waals surface area contributed by atoms with Gasteiger partial charge in [0.05, 0.1) is 30.1 Å². The molecule has 12 nitrogen and oxygen atoms in total. The fourth-order valence-corrected chi connectivity index (χ4v) is 7.88. The van der Waals surface area contributed by atoms with E-state index in [4.69, 9.17) is 28.3 Å². The summed E-state index contributed by atoms with van der Waals surface area (Å²) in [5.74, 6) is 1.57. The van der Waals surface area contributed by atoms with E-state index in [-0.39, 0.29) is 18.5 Å². The van der Waals surface area contributed by atoms with E-state index < -0.39 is 37.1 Å². The normalized spacial score (nSPS) is 20.6. The molecule has 0 spiro atoms. The van der Waals surface area contributed by atoms with E-state index >= 15 is 0 Å². The summed E-state index contributed by atoms with van der Waals surface area (Å²) in [6.45, 7) is 1.24. The van der Waals surface area contributed by atoms with Crippen molar-refractivity contribution in [2.24, 2.45) is 0 Å². The van der Waals surface area contributed by atoms with Gasteiger partial charge in [0, 0.05) is 60.4 Å². The summed E-state index contributed by atoms with van der Waals surface area (Å²) in [5.41, 5.74) is 3.90. The van der Waals surface area contributed by atoms with Crippen LogP contribution in [-0.4, -0.2) is 123 Å². The number of nitrogens with zero attached hydrogens (tertiary/aromatic N) is 3. The minimum Gasteiger partial charge on any atom is -0.394 e. The highest BCUT2D eigenvalue weighted by atomic mass is 35.5. The molecular weight excluding hydrogens is 681 g/mol. The summed E-state index contributed by atoms with van der Waals surface area (Å²) in [5, 5.41) is 53.9. The van der Waals surface area contributed by atoms with E-state index in [1.165, 1.54) is 12.8 Å². The van der Waals surface area contributed by atoms with E-state index in [2.05, 4.69) is 32.6 Å². The molecule has 264 valence electrons. The molecule has 0 aromatic heterocycles. The molecule has 48 heavy (non-hydrogen) atoms. The number of aryl methyl sites for hydroxylation is 1. The molecule has 5 rings (SSSR count). The number of fused-ring (bicyclic) bond motifs is 1. The number of aliphatic hydroxyl groups excluding tert-OH is 5.